The second kappa shape index (κ2) is 7.59. The molecule has 0 unspecified atom stereocenters. The minimum atomic E-state index is -0.0487. The Morgan fingerprint density at radius 1 is 1.10 bits per heavy atom. The summed E-state index contributed by atoms with van der Waals surface area (Å²) in [5, 5.41) is 22.1. The van der Waals surface area contributed by atoms with Gasteiger partial charge in [0.2, 0.25) is 0 Å². The fraction of sp³-hybridized carbons (Fsp3) is 0.182. The molecule has 1 saturated heterocycles. The van der Waals surface area contributed by atoms with Gasteiger partial charge in [-0.25, -0.2) is 4.68 Å². The zero-order valence-corrected chi connectivity index (χ0v) is 15.6. The number of hydrogen-bond donors (Lipinski definition) is 1. The first-order valence-corrected chi connectivity index (χ1v) is 9.21. The van der Waals surface area contributed by atoms with Gasteiger partial charge in [-0.1, -0.05) is 18.2 Å². The van der Waals surface area contributed by atoms with Crippen molar-refractivity contribution in [3.05, 3.63) is 82.7 Å². The highest BCUT2D eigenvalue weighted by Crippen LogP contribution is 2.29. The molecule has 1 aliphatic heterocycles. The molecule has 4 rings (SSSR count). The van der Waals surface area contributed by atoms with Gasteiger partial charge in [0.05, 0.1) is 17.3 Å². The van der Waals surface area contributed by atoms with Crippen LogP contribution in [0.25, 0.3) is 5.69 Å². The monoisotopic (exact) mass is 382 g/mol. The summed E-state index contributed by atoms with van der Waals surface area (Å²) in [4.78, 5) is 14.7. The predicted molar refractivity (Wildman–Crippen MR) is 106 cm³/mol. The van der Waals surface area contributed by atoms with E-state index in [4.69, 9.17) is 16.3 Å². The number of carbonyl (C=O) groups is 1. The number of likely N-dealkylation sites (tertiary alicyclic amines) is 1. The van der Waals surface area contributed by atoms with E-state index in [1.54, 1.807) is 46.1 Å². The van der Waals surface area contributed by atoms with Gasteiger partial charge in [0.15, 0.2) is 5.69 Å². The second-order valence-electron chi connectivity index (χ2n) is 6.95. The van der Waals surface area contributed by atoms with Gasteiger partial charge < -0.3 is 10.6 Å². The molecule has 0 atom stereocenters. The highest BCUT2D eigenvalue weighted by Gasteiger charge is 2.32. The molecule has 29 heavy (non-hydrogen) atoms. The zero-order valence-electron chi connectivity index (χ0n) is 15.6. The van der Waals surface area contributed by atoms with Crippen LogP contribution in [0.15, 0.2) is 54.7 Å². The van der Waals surface area contributed by atoms with Crippen molar-refractivity contribution in [1.82, 2.24) is 14.7 Å². The average Bonchev–Trinajstić information content (AvgIpc) is 3.22. The van der Waals surface area contributed by atoms with Crippen LogP contribution in [0.1, 0.15) is 38.7 Å². The lowest BCUT2D eigenvalue weighted by atomic mass is 9.90. The third-order valence-electron chi connectivity index (χ3n) is 5.18. The first-order valence-electron chi connectivity index (χ1n) is 9.21. The van der Waals surface area contributed by atoms with Gasteiger partial charge in [-0.05, 0) is 41.5 Å². The Morgan fingerprint density at radius 3 is 2.48 bits per heavy atom. The molecule has 1 fully saturated rings. The summed E-state index contributed by atoms with van der Waals surface area (Å²) in [7, 11) is 0. The van der Waals surface area contributed by atoms with Crippen LogP contribution in [0.3, 0.4) is 0 Å². The van der Waals surface area contributed by atoms with Crippen LogP contribution in [0.2, 0.25) is 0 Å². The summed E-state index contributed by atoms with van der Waals surface area (Å²) in [6, 6.07) is 18.6. The van der Waals surface area contributed by atoms with Crippen molar-refractivity contribution in [3.63, 3.8) is 0 Å². The van der Waals surface area contributed by atoms with Crippen molar-refractivity contribution in [2.24, 2.45) is 5.73 Å². The normalized spacial score (nSPS) is 13.4. The van der Waals surface area contributed by atoms with E-state index >= 15 is 0 Å². The van der Waals surface area contributed by atoms with Crippen molar-refractivity contribution in [1.29, 1.82) is 10.5 Å². The molecule has 7 heteroatoms. The van der Waals surface area contributed by atoms with Crippen LogP contribution in [0.5, 0.6) is 0 Å². The molecule has 0 bridgehead atoms. The van der Waals surface area contributed by atoms with Crippen LogP contribution in [0, 0.1) is 22.7 Å². The summed E-state index contributed by atoms with van der Waals surface area (Å²) in [5.74, 6) is 0.228. The first kappa shape index (κ1) is 18.4. The third kappa shape index (κ3) is 3.47. The van der Waals surface area contributed by atoms with Crippen molar-refractivity contribution in [2.75, 3.05) is 13.1 Å². The predicted octanol–water partition coefficient (Wildman–Crippen LogP) is 2.31. The number of amides is 1. The summed E-state index contributed by atoms with van der Waals surface area (Å²) >= 11 is 0. The number of carbonyl (C=O) groups excluding carboxylic acids is 1. The number of nitrogens with two attached hydrogens (primary N) is 1. The van der Waals surface area contributed by atoms with E-state index in [9.17, 15) is 4.79 Å². The molecule has 1 aromatic heterocycles. The Balaban J connectivity index is 1.51. The maximum Gasteiger partial charge on any atom is 0.253 e. The van der Waals surface area contributed by atoms with Crippen LogP contribution in [-0.4, -0.2) is 33.7 Å². The highest BCUT2D eigenvalue weighted by molar-refractivity contribution is 5.95. The quantitative estimate of drug-likeness (QED) is 0.744. The molecule has 1 amide bonds. The summed E-state index contributed by atoms with van der Waals surface area (Å²) in [5.41, 5.74) is 10.00. The number of nitriles is 2. The molecule has 7 nitrogen and oxygen atoms in total. The van der Waals surface area contributed by atoms with Crippen LogP contribution >= 0.6 is 0 Å². The fourth-order valence-corrected chi connectivity index (χ4v) is 3.47. The molecule has 2 heterocycles. The molecule has 1 aliphatic rings. The second-order valence-corrected chi connectivity index (χ2v) is 6.95. The fourth-order valence-electron chi connectivity index (χ4n) is 3.47. The average molecular weight is 382 g/mol. The largest absolute Gasteiger partial charge is 0.337 e. The molecule has 0 spiro atoms. The third-order valence-corrected chi connectivity index (χ3v) is 5.18. The summed E-state index contributed by atoms with van der Waals surface area (Å²) in [6.45, 7) is 1.58. The van der Waals surface area contributed by atoms with Crippen molar-refractivity contribution in [2.45, 2.75) is 12.5 Å². The van der Waals surface area contributed by atoms with E-state index in [0.717, 1.165) is 11.1 Å². The van der Waals surface area contributed by atoms with Gasteiger partial charge in [0, 0.05) is 37.3 Å². The molecule has 0 radical (unpaired) electrons. The Kier molecular flexibility index (Phi) is 4.82. The SMILES string of the molecule is N#Cc1ccc(C2CN(C(=O)c3ccc(CN)c(-n4ccc(C#N)n4)c3)C2)cc1. The standard InChI is InChI=1S/C22H18N6O/c23-10-15-1-3-16(4-2-15)19-13-27(14-19)22(29)17-5-6-18(11-24)21(9-17)28-8-7-20(12-25)26-28/h1-9,19H,11,13-14,24H2. The summed E-state index contributed by atoms with van der Waals surface area (Å²) in [6.07, 6.45) is 1.69. The van der Waals surface area contributed by atoms with Crippen LogP contribution in [-0.2, 0) is 6.54 Å². The van der Waals surface area contributed by atoms with Crippen LogP contribution < -0.4 is 5.73 Å². The maximum atomic E-state index is 12.9. The molecule has 0 saturated carbocycles. The maximum absolute atomic E-state index is 12.9. The zero-order chi connectivity index (χ0) is 20.4. The van der Waals surface area contributed by atoms with Gasteiger partial charge >= 0.3 is 0 Å². The van der Waals surface area contributed by atoms with E-state index < -0.39 is 0 Å². The minimum absolute atomic E-state index is 0.0487. The molecule has 142 valence electrons. The smallest absolute Gasteiger partial charge is 0.253 e. The molecular formula is C22H18N6O. The molecule has 2 N–H and O–H groups in total. The Labute approximate surface area is 168 Å². The van der Waals surface area contributed by atoms with Crippen molar-refractivity contribution >= 4 is 5.91 Å². The Morgan fingerprint density at radius 2 is 1.86 bits per heavy atom. The Hall–Kier alpha value is -3.94. The number of benzene rings is 2. The lowest BCUT2D eigenvalue weighted by Crippen LogP contribution is -2.48. The van der Waals surface area contributed by atoms with Gasteiger partial charge in [-0.3, -0.25) is 4.79 Å². The van der Waals surface area contributed by atoms with E-state index in [1.165, 1.54) is 0 Å². The summed E-state index contributed by atoms with van der Waals surface area (Å²) < 4.78 is 1.58. The van der Waals surface area contributed by atoms with Crippen LogP contribution in [0.4, 0.5) is 0 Å². The van der Waals surface area contributed by atoms with Gasteiger partial charge in [-0.15, -0.1) is 0 Å². The Bertz CT molecular complexity index is 1140. The topological polar surface area (TPSA) is 112 Å². The van der Waals surface area contributed by atoms with Crippen molar-refractivity contribution in [3.8, 4) is 17.8 Å². The number of aromatic nitrogens is 2. The van der Waals surface area contributed by atoms with E-state index in [0.29, 0.717) is 42.1 Å². The molecular weight excluding hydrogens is 364 g/mol. The highest BCUT2D eigenvalue weighted by atomic mass is 16.2. The molecule has 2 aromatic carbocycles. The lowest BCUT2D eigenvalue weighted by molar-refractivity contribution is 0.0602. The molecule has 0 aliphatic carbocycles. The van der Waals surface area contributed by atoms with Gasteiger partial charge in [0.1, 0.15) is 6.07 Å². The van der Waals surface area contributed by atoms with Crippen molar-refractivity contribution < 1.29 is 4.79 Å². The number of rotatable bonds is 4. The number of nitrogens with zero attached hydrogens (tertiary/aromatic N) is 5. The van der Waals surface area contributed by atoms with E-state index in [2.05, 4.69) is 11.2 Å². The minimum Gasteiger partial charge on any atom is -0.337 e. The number of hydrogen-bond acceptors (Lipinski definition) is 5. The van der Waals surface area contributed by atoms with Gasteiger partial charge in [0.25, 0.3) is 5.91 Å². The van der Waals surface area contributed by atoms with Gasteiger partial charge in [-0.2, -0.15) is 15.6 Å². The van der Waals surface area contributed by atoms with E-state index in [-0.39, 0.29) is 11.8 Å². The van der Waals surface area contributed by atoms with E-state index in [1.807, 2.05) is 24.3 Å². The first-order chi connectivity index (χ1) is 14.1. The molecule has 3 aromatic rings. The lowest BCUT2D eigenvalue weighted by Gasteiger charge is -2.39.